The molecule has 9 heteroatoms. The fourth-order valence-electron chi connectivity index (χ4n) is 4.91. The summed E-state index contributed by atoms with van der Waals surface area (Å²) >= 11 is 0. The molecule has 0 aliphatic carbocycles. The van der Waals surface area contributed by atoms with Gasteiger partial charge in [0.1, 0.15) is 5.82 Å². The topological polar surface area (TPSA) is 102 Å². The van der Waals surface area contributed by atoms with Crippen LogP contribution in [-0.2, 0) is 21.5 Å². The van der Waals surface area contributed by atoms with Gasteiger partial charge in [0.25, 0.3) is 0 Å². The third-order valence-corrected chi connectivity index (χ3v) is 6.58. The Morgan fingerprint density at radius 2 is 2.00 bits per heavy atom. The molecule has 1 aromatic carbocycles. The highest BCUT2D eigenvalue weighted by molar-refractivity contribution is 5.85. The average Bonchev–Trinajstić information content (AvgIpc) is 3.44. The number of imidazole rings is 1. The lowest BCUT2D eigenvalue weighted by atomic mass is 9.77. The summed E-state index contributed by atoms with van der Waals surface area (Å²) in [6.07, 6.45) is 2.88. The minimum Gasteiger partial charge on any atom is -0.381 e. The van der Waals surface area contributed by atoms with Crippen LogP contribution in [-0.4, -0.2) is 60.7 Å². The third kappa shape index (κ3) is 3.50. The van der Waals surface area contributed by atoms with E-state index < -0.39 is 0 Å². The molecule has 4 heterocycles. The summed E-state index contributed by atoms with van der Waals surface area (Å²) < 4.78 is 7.43. The van der Waals surface area contributed by atoms with Gasteiger partial charge >= 0.3 is 0 Å². The summed E-state index contributed by atoms with van der Waals surface area (Å²) in [6.45, 7) is 8.05. The number of nitrogens with zero attached hydrogens (tertiary/aromatic N) is 6. The molecular formula is C22H29N7O2. The lowest BCUT2D eigenvalue weighted by molar-refractivity contribution is -0.141. The van der Waals surface area contributed by atoms with E-state index in [1.54, 1.807) is 0 Å². The van der Waals surface area contributed by atoms with Crippen LogP contribution in [0.5, 0.6) is 0 Å². The van der Waals surface area contributed by atoms with Crippen LogP contribution >= 0.6 is 0 Å². The predicted molar refractivity (Wildman–Crippen MR) is 114 cm³/mol. The van der Waals surface area contributed by atoms with Gasteiger partial charge in [-0.1, -0.05) is 12.1 Å². The van der Waals surface area contributed by atoms with Crippen molar-refractivity contribution in [2.75, 3.05) is 19.8 Å². The molecule has 0 radical (unpaired) electrons. The number of nitrogens with one attached hydrogen (secondary N) is 1. The van der Waals surface area contributed by atoms with Gasteiger partial charge in [0.2, 0.25) is 5.91 Å². The van der Waals surface area contributed by atoms with Gasteiger partial charge in [-0.2, -0.15) is 0 Å². The number of fused-ring (bicyclic) bond motifs is 1. The molecule has 2 aromatic heterocycles. The fourth-order valence-corrected chi connectivity index (χ4v) is 4.91. The number of aromatic amines is 1. The van der Waals surface area contributed by atoms with Crippen molar-refractivity contribution in [1.29, 1.82) is 0 Å². The number of amides is 1. The van der Waals surface area contributed by atoms with Crippen molar-refractivity contribution < 1.29 is 9.53 Å². The van der Waals surface area contributed by atoms with E-state index in [9.17, 15) is 4.79 Å². The number of hydrogen-bond acceptors (Lipinski definition) is 6. The van der Waals surface area contributed by atoms with Crippen LogP contribution in [0.2, 0.25) is 0 Å². The number of para-hydroxylation sites is 2. The number of tetrazole rings is 1. The lowest BCUT2D eigenvalue weighted by Crippen LogP contribution is -2.40. The van der Waals surface area contributed by atoms with E-state index in [1.807, 2.05) is 33.8 Å². The number of aromatic nitrogens is 6. The molecule has 2 fully saturated rings. The summed E-state index contributed by atoms with van der Waals surface area (Å²) in [6, 6.07) is 7.83. The van der Waals surface area contributed by atoms with Crippen molar-refractivity contribution in [2.24, 2.45) is 5.41 Å². The van der Waals surface area contributed by atoms with Crippen molar-refractivity contribution in [3.8, 4) is 0 Å². The largest absolute Gasteiger partial charge is 0.381 e. The highest BCUT2D eigenvalue weighted by Crippen LogP contribution is 2.49. The van der Waals surface area contributed by atoms with Crippen LogP contribution in [0, 0.1) is 5.41 Å². The van der Waals surface area contributed by atoms with Gasteiger partial charge in [0.05, 0.1) is 28.0 Å². The van der Waals surface area contributed by atoms with Gasteiger partial charge < -0.3 is 14.6 Å². The molecule has 0 saturated carbocycles. The number of rotatable bonds is 4. The first-order chi connectivity index (χ1) is 14.9. The highest BCUT2D eigenvalue weighted by Gasteiger charge is 2.53. The first kappa shape index (κ1) is 20.1. The number of ether oxygens (including phenoxy) is 1. The Hall–Kier alpha value is -2.81. The first-order valence-electron chi connectivity index (χ1n) is 11.0. The molecule has 0 unspecified atom stereocenters. The number of carbonyl (C=O) groups is 1. The first-order valence-corrected chi connectivity index (χ1v) is 11.0. The van der Waals surface area contributed by atoms with Crippen LogP contribution in [0.4, 0.5) is 0 Å². The Balaban J connectivity index is 1.46. The van der Waals surface area contributed by atoms with E-state index in [2.05, 4.69) is 46.3 Å². The number of likely N-dealkylation sites (tertiary alicyclic amines) is 1. The summed E-state index contributed by atoms with van der Waals surface area (Å²) in [5, 5.41) is 12.6. The predicted octanol–water partition coefficient (Wildman–Crippen LogP) is 2.62. The normalized spacial score (nSPS) is 21.5. The Bertz CT molecular complexity index is 1060. The third-order valence-electron chi connectivity index (χ3n) is 6.58. The van der Waals surface area contributed by atoms with Gasteiger partial charge in [-0.15, -0.1) is 5.10 Å². The molecule has 5 rings (SSSR count). The van der Waals surface area contributed by atoms with Crippen molar-refractivity contribution >= 4 is 16.9 Å². The Morgan fingerprint density at radius 3 is 2.74 bits per heavy atom. The molecular weight excluding hydrogens is 394 g/mol. The molecule has 0 bridgehead atoms. The minimum absolute atomic E-state index is 0.149. The van der Waals surface area contributed by atoms with Gasteiger partial charge in [-0.25, -0.2) is 9.67 Å². The van der Waals surface area contributed by atoms with Crippen LogP contribution in [0.25, 0.3) is 11.0 Å². The van der Waals surface area contributed by atoms with E-state index in [0.717, 1.165) is 41.9 Å². The summed E-state index contributed by atoms with van der Waals surface area (Å²) in [4.78, 5) is 23.7. The van der Waals surface area contributed by atoms with Crippen LogP contribution < -0.4 is 0 Å². The second kappa shape index (κ2) is 7.40. The molecule has 2 aliphatic heterocycles. The number of H-pyrrole nitrogens is 1. The minimum atomic E-state index is -0.383. The van der Waals surface area contributed by atoms with Crippen molar-refractivity contribution in [3.05, 3.63) is 35.9 Å². The SMILES string of the molecule is CC(C)(C)n1nnnc1[C@@H]1CC2(CCOCC2)C(=O)N1CCc1nc2ccccc2[nH]1. The lowest BCUT2D eigenvalue weighted by Gasteiger charge is -2.31. The summed E-state index contributed by atoms with van der Waals surface area (Å²) in [7, 11) is 0. The molecule has 2 aliphatic rings. The van der Waals surface area contributed by atoms with E-state index in [4.69, 9.17) is 4.74 Å². The standard InChI is InChI=1S/C22H29N7O2/c1-21(2,3)29-19(25-26-27-29)17-14-22(9-12-31-13-10-22)20(30)28(17)11-8-18-23-15-6-4-5-7-16(15)24-18/h4-7,17H,8-14H2,1-3H3,(H,23,24)/t17-/m0/s1. The van der Waals surface area contributed by atoms with E-state index >= 15 is 0 Å². The second-order valence-electron chi connectivity index (χ2n) is 9.68. The van der Waals surface area contributed by atoms with E-state index in [-0.39, 0.29) is 22.9 Å². The smallest absolute Gasteiger partial charge is 0.229 e. The van der Waals surface area contributed by atoms with Crippen molar-refractivity contribution in [3.63, 3.8) is 0 Å². The van der Waals surface area contributed by atoms with E-state index in [1.165, 1.54) is 0 Å². The molecule has 164 valence electrons. The maximum Gasteiger partial charge on any atom is 0.229 e. The molecule has 1 spiro atoms. The fraction of sp³-hybridized carbons (Fsp3) is 0.591. The molecule has 1 amide bonds. The van der Waals surface area contributed by atoms with Crippen molar-refractivity contribution in [2.45, 2.75) is 58.0 Å². The molecule has 1 N–H and O–H groups in total. The number of benzene rings is 1. The molecule has 31 heavy (non-hydrogen) atoms. The highest BCUT2D eigenvalue weighted by atomic mass is 16.5. The second-order valence-corrected chi connectivity index (χ2v) is 9.68. The Kier molecular flexibility index (Phi) is 4.80. The summed E-state index contributed by atoms with van der Waals surface area (Å²) in [5.41, 5.74) is 1.31. The maximum atomic E-state index is 13.7. The summed E-state index contributed by atoms with van der Waals surface area (Å²) in [5.74, 6) is 1.84. The average molecular weight is 424 g/mol. The zero-order valence-electron chi connectivity index (χ0n) is 18.3. The molecule has 9 nitrogen and oxygen atoms in total. The van der Waals surface area contributed by atoms with Crippen molar-refractivity contribution in [1.82, 2.24) is 35.1 Å². The zero-order chi connectivity index (χ0) is 21.6. The van der Waals surface area contributed by atoms with Gasteiger partial charge in [-0.05, 0) is 62.6 Å². The van der Waals surface area contributed by atoms with Gasteiger partial charge in [-0.3, -0.25) is 4.79 Å². The molecule has 1 atom stereocenters. The Labute approximate surface area is 181 Å². The molecule has 2 saturated heterocycles. The number of hydrogen-bond donors (Lipinski definition) is 1. The quantitative estimate of drug-likeness (QED) is 0.692. The van der Waals surface area contributed by atoms with Crippen LogP contribution in [0.1, 0.15) is 57.7 Å². The van der Waals surface area contributed by atoms with E-state index in [0.29, 0.717) is 26.2 Å². The zero-order valence-corrected chi connectivity index (χ0v) is 18.3. The van der Waals surface area contributed by atoms with Crippen LogP contribution in [0.3, 0.4) is 0 Å². The monoisotopic (exact) mass is 423 g/mol. The van der Waals surface area contributed by atoms with Gasteiger partial charge in [0.15, 0.2) is 5.82 Å². The maximum absolute atomic E-state index is 13.7. The molecule has 3 aromatic rings. The number of carbonyl (C=O) groups excluding carboxylic acids is 1. The Morgan fingerprint density at radius 1 is 1.23 bits per heavy atom. The van der Waals surface area contributed by atoms with Crippen LogP contribution in [0.15, 0.2) is 24.3 Å². The van der Waals surface area contributed by atoms with Gasteiger partial charge in [0, 0.05) is 26.2 Å².